The number of carbonyl (C=O) groups excluding carboxylic acids is 1. The summed E-state index contributed by atoms with van der Waals surface area (Å²) in [6.07, 6.45) is 5.64. The van der Waals surface area contributed by atoms with E-state index in [1.54, 1.807) is 13.2 Å². The first-order chi connectivity index (χ1) is 10.0. The van der Waals surface area contributed by atoms with Gasteiger partial charge in [-0.05, 0) is 43.9 Å². The highest BCUT2D eigenvalue weighted by atomic mass is 32.1. The van der Waals surface area contributed by atoms with Crippen molar-refractivity contribution in [3.63, 3.8) is 0 Å². The standard InChI is InChI=1S/C15H19NO4S/c1-9-8-13(21-12(9)6-7-14(17)18)15(19)16-10-4-3-5-11(10)20-2/h6-8,10-11H,3-5H2,1-2H3,(H,16,19)(H,17,18)/b7-6+. The fourth-order valence-corrected chi connectivity index (χ4v) is 3.51. The number of methoxy groups -OCH3 is 1. The molecule has 2 atom stereocenters. The van der Waals surface area contributed by atoms with E-state index in [-0.39, 0.29) is 18.1 Å². The van der Waals surface area contributed by atoms with Gasteiger partial charge in [0.15, 0.2) is 0 Å². The molecule has 2 unspecified atom stereocenters. The Kier molecular flexibility index (Phi) is 5.14. The summed E-state index contributed by atoms with van der Waals surface area (Å²) in [6.45, 7) is 1.86. The molecule has 0 saturated heterocycles. The minimum absolute atomic E-state index is 0.0583. The number of rotatable bonds is 5. The zero-order chi connectivity index (χ0) is 15.4. The van der Waals surface area contributed by atoms with Crippen LogP contribution in [0.4, 0.5) is 0 Å². The minimum Gasteiger partial charge on any atom is -0.478 e. The highest BCUT2D eigenvalue weighted by Crippen LogP contribution is 2.25. The van der Waals surface area contributed by atoms with E-state index in [1.807, 2.05) is 6.92 Å². The van der Waals surface area contributed by atoms with Gasteiger partial charge in [-0.2, -0.15) is 0 Å². The molecule has 0 bridgehead atoms. The van der Waals surface area contributed by atoms with Crippen molar-refractivity contribution in [3.8, 4) is 0 Å². The van der Waals surface area contributed by atoms with Crippen molar-refractivity contribution in [2.75, 3.05) is 7.11 Å². The maximum absolute atomic E-state index is 12.3. The Morgan fingerprint density at radius 2 is 2.24 bits per heavy atom. The molecule has 1 aliphatic carbocycles. The number of carboxylic acids is 1. The molecule has 0 radical (unpaired) electrons. The Balaban J connectivity index is 2.06. The maximum atomic E-state index is 12.3. The second-order valence-corrected chi connectivity index (χ2v) is 6.20. The van der Waals surface area contributed by atoms with Crippen molar-refractivity contribution in [3.05, 3.63) is 27.5 Å². The molecule has 1 fully saturated rings. The lowest BCUT2D eigenvalue weighted by atomic mass is 10.2. The molecule has 6 heteroatoms. The van der Waals surface area contributed by atoms with Crippen molar-refractivity contribution in [2.45, 2.75) is 38.3 Å². The van der Waals surface area contributed by atoms with Crippen LogP contribution in [0.2, 0.25) is 0 Å². The van der Waals surface area contributed by atoms with E-state index in [9.17, 15) is 9.59 Å². The number of carboxylic acid groups (broad SMARTS) is 1. The topological polar surface area (TPSA) is 75.6 Å². The van der Waals surface area contributed by atoms with Gasteiger partial charge >= 0.3 is 5.97 Å². The lowest BCUT2D eigenvalue weighted by molar-refractivity contribution is -0.131. The highest BCUT2D eigenvalue weighted by Gasteiger charge is 2.29. The van der Waals surface area contributed by atoms with Gasteiger partial charge in [-0.3, -0.25) is 4.79 Å². The van der Waals surface area contributed by atoms with Crippen LogP contribution in [0.1, 0.15) is 39.4 Å². The van der Waals surface area contributed by atoms with E-state index >= 15 is 0 Å². The molecule has 1 amide bonds. The molecule has 1 aliphatic rings. The molecule has 1 aromatic heterocycles. The summed E-state index contributed by atoms with van der Waals surface area (Å²) in [5, 5.41) is 11.7. The van der Waals surface area contributed by atoms with Crippen LogP contribution in [0.3, 0.4) is 0 Å². The van der Waals surface area contributed by atoms with Gasteiger partial charge in [0.1, 0.15) is 0 Å². The molecule has 21 heavy (non-hydrogen) atoms. The van der Waals surface area contributed by atoms with E-state index in [4.69, 9.17) is 9.84 Å². The van der Waals surface area contributed by atoms with Crippen molar-refractivity contribution < 1.29 is 19.4 Å². The summed E-state index contributed by atoms with van der Waals surface area (Å²) in [5.74, 6) is -1.12. The van der Waals surface area contributed by atoms with E-state index in [0.29, 0.717) is 4.88 Å². The third-order valence-corrected chi connectivity index (χ3v) is 4.83. The zero-order valence-electron chi connectivity index (χ0n) is 12.1. The van der Waals surface area contributed by atoms with Gasteiger partial charge in [-0.15, -0.1) is 11.3 Å². The van der Waals surface area contributed by atoms with E-state index < -0.39 is 5.97 Å². The van der Waals surface area contributed by atoms with E-state index in [2.05, 4.69) is 5.32 Å². The summed E-state index contributed by atoms with van der Waals surface area (Å²) in [5.41, 5.74) is 0.900. The highest BCUT2D eigenvalue weighted by molar-refractivity contribution is 7.15. The lowest BCUT2D eigenvalue weighted by Gasteiger charge is -2.19. The third kappa shape index (κ3) is 3.92. The largest absolute Gasteiger partial charge is 0.478 e. The van der Waals surface area contributed by atoms with Gasteiger partial charge in [0.05, 0.1) is 17.0 Å². The second-order valence-electron chi connectivity index (χ2n) is 5.11. The summed E-state index contributed by atoms with van der Waals surface area (Å²) in [7, 11) is 1.67. The molecule has 2 rings (SSSR count). The summed E-state index contributed by atoms with van der Waals surface area (Å²) >= 11 is 1.30. The quantitative estimate of drug-likeness (QED) is 0.819. The predicted molar refractivity (Wildman–Crippen MR) is 81.6 cm³/mol. The van der Waals surface area contributed by atoms with E-state index in [1.165, 1.54) is 17.4 Å². The molecular weight excluding hydrogens is 290 g/mol. The van der Waals surface area contributed by atoms with Crippen molar-refractivity contribution in [1.82, 2.24) is 5.32 Å². The first-order valence-corrected chi connectivity index (χ1v) is 7.68. The molecule has 1 saturated carbocycles. The Labute approximate surface area is 127 Å². The fourth-order valence-electron chi connectivity index (χ4n) is 2.53. The van der Waals surface area contributed by atoms with Crippen molar-refractivity contribution in [2.24, 2.45) is 0 Å². The lowest BCUT2D eigenvalue weighted by Crippen LogP contribution is -2.40. The maximum Gasteiger partial charge on any atom is 0.328 e. The van der Waals surface area contributed by atoms with Gasteiger partial charge in [-0.1, -0.05) is 0 Å². The number of aryl methyl sites for hydroxylation is 1. The van der Waals surface area contributed by atoms with Crippen LogP contribution in [-0.2, 0) is 9.53 Å². The number of nitrogens with one attached hydrogen (secondary N) is 1. The predicted octanol–water partition coefficient (Wildman–Crippen LogP) is 2.45. The van der Waals surface area contributed by atoms with Crippen LogP contribution in [0, 0.1) is 6.92 Å². The second kappa shape index (κ2) is 6.87. The monoisotopic (exact) mass is 309 g/mol. The summed E-state index contributed by atoms with van der Waals surface area (Å²) in [6, 6.07) is 1.85. The summed E-state index contributed by atoms with van der Waals surface area (Å²) < 4.78 is 5.37. The number of hydrogen-bond donors (Lipinski definition) is 2. The molecule has 1 heterocycles. The molecule has 0 aliphatic heterocycles. The Bertz CT molecular complexity index is 564. The number of ether oxygens (including phenoxy) is 1. The van der Waals surface area contributed by atoms with Gasteiger partial charge in [0.25, 0.3) is 5.91 Å². The number of aliphatic carboxylic acids is 1. The van der Waals surface area contributed by atoms with Crippen LogP contribution in [-0.4, -0.2) is 36.2 Å². The first-order valence-electron chi connectivity index (χ1n) is 6.86. The number of amides is 1. The zero-order valence-corrected chi connectivity index (χ0v) is 12.9. The van der Waals surface area contributed by atoms with Crippen molar-refractivity contribution >= 4 is 29.3 Å². The Morgan fingerprint density at radius 1 is 1.48 bits per heavy atom. The molecule has 5 nitrogen and oxygen atoms in total. The molecule has 0 spiro atoms. The summed E-state index contributed by atoms with van der Waals surface area (Å²) in [4.78, 5) is 24.2. The molecule has 114 valence electrons. The van der Waals surface area contributed by atoms with Gasteiger partial charge in [0.2, 0.25) is 0 Å². The normalized spacial score (nSPS) is 21.8. The SMILES string of the molecule is COC1CCCC1NC(=O)c1cc(C)c(/C=C/C(=O)O)s1. The number of thiophene rings is 1. The molecule has 1 aromatic rings. The number of carbonyl (C=O) groups is 2. The van der Waals surface area contributed by atoms with Gasteiger partial charge in [-0.25, -0.2) is 4.79 Å². The molecule has 0 aromatic carbocycles. The Morgan fingerprint density at radius 3 is 2.90 bits per heavy atom. The van der Waals surface area contributed by atoms with Crippen LogP contribution in [0.25, 0.3) is 6.08 Å². The van der Waals surface area contributed by atoms with Gasteiger partial charge in [0, 0.05) is 18.1 Å². The number of hydrogen-bond acceptors (Lipinski definition) is 4. The fraction of sp³-hybridized carbons (Fsp3) is 0.467. The first kappa shape index (κ1) is 15.7. The van der Waals surface area contributed by atoms with E-state index in [0.717, 1.165) is 35.8 Å². The van der Waals surface area contributed by atoms with Crippen LogP contribution in [0.5, 0.6) is 0 Å². The minimum atomic E-state index is -0.998. The van der Waals surface area contributed by atoms with Crippen molar-refractivity contribution in [1.29, 1.82) is 0 Å². The van der Waals surface area contributed by atoms with Crippen LogP contribution >= 0.6 is 11.3 Å². The average Bonchev–Trinajstić information content (AvgIpc) is 3.02. The average molecular weight is 309 g/mol. The van der Waals surface area contributed by atoms with Crippen LogP contribution < -0.4 is 5.32 Å². The third-order valence-electron chi connectivity index (χ3n) is 3.63. The Hall–Kier alpha value is -1.66. The van der Waals surface area contributed by atoms with Gasteiger partial charge < -0.3 is 15.2 Å². The van der Waals surface area contributed by atoms with Crippen LogP contribution in [0.15, 0.2) is 12.1 Å². The smallest absolute Gasteiger partial charge is 0.328 e. The molecular formula is C15H19NO4S. The molecule has 2 N–H and O–H groups in total.